The van der Waals surface area contributed by atoms with Gasteiger partial charge in [-0.3, -0.25) is 4.68 Å². The molecule has 1 atom stereocenters. The first-order valence-electron chi connectivity index (χ1n) is 8.18. The van der Waals surface area contributed by atoms with Crippen molar-refractivity contribution in [2.24, 2.45) is 13.0 Å². The summed E-state index contributed by atoms with van der Waals surface area (Å²) in [6.07, 6.45) is 4.25. The van der Waals surface area contributed by atoms with Gasteiger partial charge in [-0.25, -0.2) is 18.7 Å². The Balaban J connectivity index is 1.41. The number of nitrogens with one attached hydrogen (secondary N) is 1. The molecule has 1 aliphatic rings. The van der Waals surface area contributed by atoms with Gasteiger partial charge in [0.2, 0.25) is 0 Å². The van der Waals surface area contributed by atoms with Crippen LogP contribution >= 0.6 is 0 Å². The largest absolute Gasteiger partial charge is 0.371 e. The van der Waals surface area contributed by atoms with Crippen LogP contribution in [0.1, 0.15) is 6.42 Å². The number of nitrogens with zero attached hydrogens (tertiary/aromatic N) is 5. The summed E-state index contributed by atoms with van der Waals surface area (Å²) in [6.45, 7) is 2.37. The molecule has 0 bridgehead atoms. The minimum absolute atomic E-state index is 0.398. The van der Waals surface area contributed by atoms with Crippen molar-refractivity contribution in [3.05, 3.63) is 42.4 Å². The Hall–Kier alpha value is -2.77. The number of rotatable bonds is 4. The van der Waals surface area contributed by atoms with E-state index in [4.69, 9.17) is 0 Å². The highest BCUT2D eigenvalue weighted by Crippen LogP contribution is 2.26. The van der Waals surface area contributed by atoms with E-state index in [1.165, 1.54) is 18.5 Å². The molecule has 4 rings (SSSR count). The smallest absolute Gasteiger partial charge is 0.163 e. The third-order valence-corrected chi connectivity index (χ3v) is 4.64. The third kappa shape index (κ3) is 2.99. The fraction of sp³-hybridized carbons (Fsp3) is 0.353. The molecule has 3 heterocycles. The second-order valence-electron chi connectivity index (χ2n) is 6.31. The standard InChI is InChI=1S/C17H18F2N6/c1-24-17-13(8-23-24)16(21-10-22-17)20-7-11-4-5-25(9-11)12-2-3-14(18)15(19)6-12/h2-3,6,8,10-11H,4-5,7,9H2,1H3,(H,20,21,22). The first-order valence-corrected chi connectivity index (χ1v) is 8.18. The number of fused-ring (bicyclic) bond motifs is 1. The molecule has 130 valence electrons. The van der Waals surface area contributed by atoms with Gasteiger partial charge in [0.15, 0.2) is 17.3 Å². The average molecular weight is 344 g/mol. The van der Waals surface area contributed by atoms with E-state index in [9.17, 15) is 8.78 Å². The Morgan fingerprint density at radius 3 is 2.96 bits per heavy atom. The van der Waals surface area contributed by atoms with Crippen molar-refractivity contribution in [3.8, 4) is 0 Å². The van der Waals surface area contributed by atoms with Crippen LogP contribution in [0.5, 0.6) is 0 Å². The summed E-state index contributed by atoms with van der Waals surface area (Å²) >= 11 is 0. The number of halogens is 2. The van der Waals surface area contributed by atoms with Gasteiger partial charge in [-0.1, -0.05) is 0 Å². The fourth-order valence-corrected chi connectivity index (χ4v) is 3.26. The average Bonchev–Trinajstić information content (AvgIpc) is 3.23. The topological polar surface area (TPSA) is 58.9 Å². The maximum atomic E-state index is 13.4. The highest BCUT2D eigenvalue weighted by atomic mass is 19.2. The molecule has 6 nitrogen and oxygen atoms in total. The summed E-state index contributed by atoms with van der Waals surface area (Å²) in [5.41, 5.74) is 1.51. The SMILES string of the molecule is Cn1ncc2c(NCC3CCN(c4ccc(F)c(F)c4)C3)ncnc21. The molecule has 0 saturated carbocycles. The molecule has 1 fully saturated rings. The molecule has 3 aromatic rings. The number of hydrogen-bond acceptors (Lipinski definition) is 5. The summed E-state index contributed by atoms with van der Waals surface area (Å²) in [6, 6.07) is 4.06. The van der Waals surface area contributed by atoms with Gasteiger partial charge in [0.1, 0.15) is 12.1 Å². The molecular formula is C17H18F2N6. The summed E-state index contributed by atoms with van der Waals surface area (Å²) in [4.78, 5) is 10.6. The molecule has 1 aliphatic heterocycles. The Labute approximate surface area is 143 Å². The molecule has 2 aromatic heterocycles. The number of aryl methyl sites for hydroxylation is 1. The van der Waals surface area contributed by atoms with Gasteiger partial charge in [-0.05, 0) is 24.5 Å². The zero-order chi connectivity index (χ0) is 17.4. The molecule has 1 aromatic carbocycles. The van der Waals surface area contributed by atoms with E-state index in [-0.39, 0.29) is 0 Å². The zero-order valence-electron chi connectivity index (χ0n) is 13.8. The molecular weight excluding hydrogens is 326 g/mol. The normalized spacial score (nSPS) is 17.4. The summed E-state index contributed by atoms with van der Waals surface area (Å²) in [5, 5.41) is 8.46. The second kappa shape index (κ2) is 6.27. The van der Waals surface area contributed by atoms with Gasteiger partial charge in [-0.2, -0.15) is 5.10 Å². The lowest BCUT2D eigenvalue weighted by molar-refractivity contribution is 0.508. The van der Waals surface area contributed by atoms with Gasteiger partial charge >= 0.3 is 0 Å². The van der Waals surface area contributed by atoms with Crippen LogP contribution in [0.25, 0.3) is 11.0 Å². The highest BCUT2D eigenvalue weighted by molar-refractivity contribution is 5.85. The lowest BCUT2D eigenvalue weighted by atomic mass is 10.1. The van der Waals surface area contributed by atoms with Crippen LogP contribution < -0.4 is 10.2 Å². The van der Waals surface area contributed by atoms with E-state index in [1.807, 2.05) is 7.05 Å². The van der Waals surface area contributed by atoms with Crippen molar-refractivity contribution < 1.29 is 8.78 Å². The monoisotopic (exact) mass is 344 g/mol. The van der Waals surface area contributed by atoms with Gasteiger partial charge in [0, 0.05) is 38.4 Å². The van der Waals surface area contributed by atoms with E-state index in [1.54, 1.807) is 16.9 Å². The quantitative estimate of drug-likeness (QED) is 0.788. The minimum atomic E-state index is -0.814. The number of hydrogen-bond donors (Lipinski definition) is 1. The van der Waals surface area contributed by atoms with Crippen LogP contribution in [0.15, 0.2) is 30.7 Å². The maximum absolute atomic E-state index is 13.4. The van der Waals surface area contributed by atoms with Crippen molar-refractivity contribution in [2.75, 3.05) is 29.9 Å². The number of anilines is 2. The Kier molecular flexibility index (Phi) is 3.95. The second-order valence-corrected chi connectivity index (χ2v) is 6.31. The van der Waals surface area contributed by atoms with Crippen LogP contribution in [0.3, 0.4) is 0 Å². The van der Waals surface area contributed by atoms with Gasteiger partial charge in [0.05, 0.1) is 11.6 Å². The van der Waals surface area contributed by atoms with Crippen molar-refractivity contribution in [3.63, 3.8) is 0 Å². The molecule has 1 saturated heterocycles. The first kappa shape index (κ1) is 15.7. The third-order valence-electron chi connectivity index (χ3n) is 4.64. The lowest BCUT2D eigenvalue weighted by Gasteiger charge is -2.19. The molecule has 1 unspecified atom stereocenters. The first-order chi connectivity index (χ1) is 12.1. The van der Waals surface area contributed by atoms with Gasteiger partial charge < -0.3 is 10.2 Å². The molecule has 0 aliphatic carbocycles. The van der Waals surface area contributed by atoms with E-state index >= 15 is 0 Å². The summed E-state index contributed by atoms with van der Waals surface area (Å²) in [7, 11) is 1.84. The summed E-state index contributed by atoms with van der Waals surface area (Å²) in [5.74, 6) is -0.455. The lowest BCUT2D eigenvalue weighted by Crippen LogP contribution is -2.22. The number of benzene rings is 1. The van der Waals surface area contributed by atoms with E-state index < -0.39 is 11.6 Å². The van der Waals surface area contributed by atoms with E-state index in [0.29, 0.717) is 5.92 Å². The van der Waals surface area contributed by atoms with Crippen LogP contribution in [-0.4, -0.2) is 39.4 Å². The zero-order valence-corrected chi connectivity index (χ0v) is 13.8. The predicted octanol–water partition coefficient (Wildman–Crippen LogP) is 2.58. The van der Waals surface area contributed by atoms with Crippen LogP contribution in [0, 0.1) is 17.6 Å². The minimum Gasteiger partial charge on any atom is -0.371 e. The highest BCUT2D eigenvalue weighted by Gasteiger charge is 2.23. The van der Waals surface area contributed by atoms with Crippen LogP contribution in [0.2, 0.25) is 0 Å². The number of aromatic nitrogens is 4. The molecule has 0 radical (unpaired) electrons. The molecule has 0 amide bonds. The van der Waals surface area contributed by atoms with E-state index in [0.717, 1.165) is 48.6 Å². The Morgan fingerprint density at radius 1 is 1.24 bits per heavy atom. The maximum Gasteiger partial charge on any atom is 0.163 e. The van der Waals surface area contributed by atoms with Crippen molar-refractivity contribution in [1.29, 1.82) is 0 Å². The Bertz CT molecular complexity index is 909. The fourth-order valence-electron chi connectivity index (χ4n) is 3.26. The predicted molar refractivity (Wildman–Crippen MR) is 91.5 cm³/mol. The summed E-state index contributed by atoms with van der Waals surface area (Å²) < 4.78 is 28.2. The molecule has 8 heteroatoms. The Morgan fingerprint density at radius 2 is 2.12 bits per heavy atom. The van der Waals surface area contributed by atoms with Crippen molar-refractivity contribution in [1.82, 2.24) is 19.7 Å². The van der Waals surface area contributed by atoms with Gasteiger partial charge in [-0.15, -0.1) is 0 Å². The molecule has 0 spiro atoms. The van der Waals surface area contributed by atoms with E-state index in [2.05, 4.69) is 25.3 Å². The molecule has 1 N–H and O–H groups in total. The van der Waals surface area contributed by atoms with Crippen molar-refractivity contribution in [2.45, 2.75) is 6.42 Å². The van der Waals surface area contributed by atoms with Crippen LogP contribution in [-0.2, 0) is 7.05 Å². The van der Waals surface area contributed by atoms with Crippen LogP contribution in [0.4, 0.5) is 20.3 Å². The van der Waals surface area contributed by atoms with Crippen molar-refractivity contribution >= 4 is 22.5 Å². The molecule has 25 heavy (non-hydrogen) atoms. The van der Waals surface area contributed by atoms with Gasteiger partial charge in [0.25, 0.3) is 0 Å².